The van der Waals surface area contributed by atoms with Crippen molar-refractivity contribution in [2.24, 2.45) is 5.92 Å². The van der Waals surface area contributed by atoms with Crippen molar-refractivity contribution in [1.29, 1.82) is 0 Å². The number of aromatic nitrogens is 1. The molecule has 3 rings (SSSR count). The molecule has 1 amide bonds. The Hall–Kier alpha value is -2.40. The molecule has 0 saturated heterocycles. The van der Waals surface area contributed by atoms with Gasteiger partial charge in [0.2, 0.25) is 0 Å². The number of hydrogen-bond acceptors (Lipinski definition) is 3. The Morgan fingerprint density at radius 3 is 2.64 bits per heavy atom. The minimum absolute atomic E-state index is 0.133. The molecule has 1 aromatic heterocycles. The van der Waals surface area contributed by atoms with Crippen LogP contribution < -0.4 is 10.0 Å². The van der Waals surface area contributed by atoms with Crippen LogP contribution in [-0.2, 0) is 13.0 Å². The largest absolute Gasteiger partial charge is 0.618 e. The Kier molecular flexibility index (Phi) is 5.34. The molecule has 1 atom stereocenters. The van der Waals surface area contributed by atoms with E-state index < -0.39 is 0 Å². The van der Waals surface area contributed by atoms with Gasteiger partial charge in [0, 0.05) is 37.8 Å². The predicted octanol–water partition coefficient (Wildman–Crippen LogP) is 2.13. The second-order valence-corrected chi connectivity index (χ2v) is 6.92. The van der Waals surface area contributed by atoms with E-state index in [4.69, 9.17) is 0 Å². The minimum atomic E-state index is -0.321. The number of hydrogen-bond donors (Lipinski definition) is 1. The van der Waals surface area contributed by atoms with Crippen molar-refractivity contribution >= 4 is 5.91 Å². The molecule has 0 aliphatic carbocycles. The summed E-state index contributed by atoms with van der Waals surface area (Å²) >= 11 is 0. The molecule has 0 unspecified atom stereocenters. The smallest absolute Gasteiger partial charge is 0.317 e. The van der Waals surface area contributed by atoms with Crippen molar-refractivity contribution in [2.45, 2.75) is 32.9 Å². The Balaban J connectivity index is 1.66. The molecule has 2 heterocycles. The van der Waals surface area contributed by atoms with Gasteiger partial charge in [-0.2, -0.15) is 4.73 Å². The molecule has 5 nitrogen and oxygen atoms in total. The number of benzene rings is 1. The number of nitrogens with one attached hydrogen (secondary N) is 1. The van der Waals surface area contributed by atoms with Crippen molar-refractivity contribution in [1.82, 2.24) is 10.2 Å². The van der Waals surface area contributed by atoms with Crippen LogP contribution in [0.15, 0.2) is 48.7 Å². The van der Waals surface area contributed by atoms with Crippen LogP contribution in [0.1, 0.15) is 35.5 Å². The van der Waals surface area contributed by atoms with E-state index in [0.717, 1.165) is 19.5 Å². The fourth-order valence-corrected chi connectivity index (χ4v) is 3.48. The van der Waals surface area contributed by atoms with Crippen LogP contribution in [0.25, 0.3) is 0 Å². The van der Waals surface area contributed by atoms with E-state index in [9.17, 15) is 10.0 Å². The number of amides is 1. The Labute approximate surface area is 148 Å². The van der Waals surface area contributed by atoms with Crippen molar-refractivity contribution in [3.63, 3.8) is 0 Å². The molecule has 1 aliphatic heterocycles. The van der Waals surface area contributed by atoms with Crippen LogP contribution in [0.2, 0.25) is 0 Å². The molecule has 132 valence electrons. The Morgan fingerprint density at radius 1 is 1.20 bits per heavy atom. The first-order valence-corrected chi connectivity index (χ1v) is 8.83. The quantitative estimate of drug-likeness (QED) is 0.671. The summed E-state index contributed by atoms with van der Waals surface area (Å²) in [4.78, 5) is 14.8. The summed E-state index contributed by atoms with van der Waals surface area (Å²) in [5, 5.41) is 14.7. The molecule has 1 aliphatic rings. The monoisotopic (exact) mass is 339 g/mol. The van der Waals surface area contributed by atoms with E-state index in [1.54, 1.807) is 18.2 Å². The van der Waals surface area contributed by atoms with Crippen LogP contribution in [0, 0.1) is 11.1 Å². The fourth-order valence-electron chi connectivity index (χ4n) is 3.48. The van der Waals surface area contributed by atoms with Crippen molar-refractivity contribution in [3.05, 3.63) is 70.7 Å². The SMILES string of the molecule is CC(C)[C@@H](CNC(=O)c1cccc[n+]1[O-])N1CCc2ccccc2C1. The van der Waals surface area contributed by atoms with Gasteiger partial charge in [0.05, 0.1) is 0 Å². The van der Waals surface area contributed by atoms with Gasteiger partial charge in [0.1, 0.15) is 0 Å². The maximum absolute atomic E-state index is 12.3. The predicted molar refractivity (Wildman–Crippen MR) is 96.9 cm³/mol. The van der Waals surface area contributed by atoms with Crippen LogP contribution in [0.3, 0.4) is 0 Å². The molecule has 25 heavy (non-hydrogen) atoms. The Morgan fingerprint density at radius 2 is 1.92 bits per heavy atom. The van der Waals surface area contributed by atoms with Gasteiger partial charge >= 0.3 is 5.91 Å². The second-order valence-electron chi connectivity index (χ2n) is 6.92. The van der Waals surface area contributed by atoms with Gasteiger partial charge in [-0.25, -0.2) is 0 Å². The van der Waals surface area contributed by atoms with Gasteiger partial charge in [-0.05, 0) is 29.5 Å². The zero-order valence-corrected chi connectivity index (χ0v) is 14.8. The molecule has 0 fully saturated rings. The highest BCUT2D eigenvalue weighted by atomic mass is 16.5. The van der Waals surface area contributed by atoms with Crippen molar-refractivity contribution in [3.8, 4) is 0 Å². The number of rotatable bonds is 5. The lowest BCUT2D eigenvalue weighted by molar-refractivity contribution is -0.607. The number of nitrogens with zero attached hydrogens (tertiary/aromatic N) is 2. The number of fused-ring (bicyclic) bond motifs is 1. The maximum Gasteiger partial charge on any atom is 0.317 e. The van der Waals surface area contributed by atoms with Crippen LogP contribution >= 0.6 is 0 Å². The summed E-state index contributed by atoms with van der Waals surface area (Å²) in [5.74, 6) is 0.0828. The first kappa shape index (κ1) is 17.4. The summed E-state index contributed by atoms with van der Waals surface area (Å²) in [7, 11) is 0. The third-order valence-corrected chi connectivity index (χ3v) is 4.93. The molecule has 1 N–H and O–H groups in total. The van der Waals surface area contributed by atoms with Gasteiger partial charge in [-0.1, -0.05) is 38.1 Å². The highest BCUT2D eigenvalue weighted by Crippen LogP contribution is 2.22. The highest BCUT2D eigenvalue weighted by molar-refractivity contribution is 5.90. The second kappa shape index (κ2) is 7.66. The van der Waals surface area contributed by atoms with Crippen LogP contribution in [0.5, 0.6) is 0 Å². The molecule has 0 spiro atoms. The van der Waals surface area contributed by atoms with E-state index >= 15 is 0 Å². The summed E-state index contributed by atoms with van der Waals surface area (Å²) in [5.41, 5.74) is 2.92. The number of carbonyl (C=O) groups excluding carboxylic acids is 1. The van der Waals surface area contributed by atoms with Gasteiger partial charge < -0.3 is 10.5 Å². The molecule has 5 heteroatoms. The first-order chi connectivity index (χ1) is 12.1. The van der Waals surface area contributed by atoms with E-state index in [1.807, 2.05) is 0 Å². The molecular weight excluding hydrogens is 314 g/mol. The third-order valence-electron chi connectivity index (χ3n) is 4.93. The summed E-state index contributed by atoms with van der Waals surface area (Å²) in [6.45, 7) is 6.78. The van der Waals surface area contributed by atoms with Crippen molar-refractivity contribution < 1.29 is 9.52 Å². The summed E-state index contributed by atoms with van der Waals surface area (Å²) in [6.07, 6.45) is 2.38. The van der Waals surface area contributed by atoms with Crippen molar-refractivity contribution in [2.75, 3.05) is 13.1 Å². The molecule has 2 aromatic rings. The lowest BCUT2D eigenvalue weighted by Gasteiger charge is -2.37. The lowest BCUT2D eigenvalue weighted by atomic mass is 9.95. The average Bonchev–Trinajstić information content (AvgIpc) is 2.61. The third kappa shape index (κ3) is 3.99. The molecule has 1 aromatic carbocycles. The Bertz CT molecular complexity index is 745. The van der Waals surface area contributed by atoms with Gasteiger partial charge in [0.25, 0.3) is 5.69 Å². The fraction of sp³-hybridized carbons (Fsp3) is 0.400. The first-order valence-electron chi connectivity index (χ1n) is 8.83. The van der Waals surface area contributed by atoms with Gasteiger partial charge in [-0.15, -0.1) is 0 Å². The molecule has 0 bridgehead atoms. The maximum atomic E-state index is 12.3. The lowest BCUT2D eigenvalue weighted by Crippen LogP contribution is -2.49. The highest BCUT2D eigenvalue weighted by Gasteiger charge is 2.27. The normalized spacial score (nSPS) is 15.6. The van der Waals surface area contributed by atoms with Crippen LogP contribution in [0.4, 0.5) is 0 Å². The van der Waals surface area contributed by atoms with E-state index in [2.05, 4.69) is 48.3 Å². The zero-order valence-electron chi connectivity index (χ0n) is 14.8. The number of pyridine rings is 1. The standard InChI is InChI=1S/C20H25N3O2/c1-15(2)19(13-21-20(24)18-9-5-6-11-23(18)25)22-12-10-16-7-3-4-8-17(16)14-22/h3-9,11,15,19H,10,12-14H2,1-2H3,(H,21,24)/t19-/m1/s1. The average molecular weight is 339 g/mol. The summed E-state index contributed by atoms with van der Waals surface area (Å²) < 4.78 is 0.608. The van der Waals surface area contributed by atoms with E-state index in [0.29, 0.717) is 17.2 Å². The molecular formula is C20H25N3O2. The zero-order chi connectivity index (χ0) is 17.8. The summed E-state index contributed by atoms with van der Waals surface area (Å²) in [6, 6.07) is 13.6. The molecule has 0 radical (unpaired) electrons. The van der Waals surface area contributed by atoms with Crippen LogP contribution in [-0.4, -0.2) is 29.9 Å². The van der Waals surface area contributed by atoms with Gasteiger partial charge in [0.15, 0.2) is 6.20 Å². The number of carbonyl (C=O) groups is 1. The van der Waals surface area contributed by atoms with Gasteiger partial charge in [-0.3, -0.25) is 9.69 Å². The molecule has 0 saturated carbocycles. The van der Waals surface area contributed by atoms with E-state index in [1.165, 1.54) is 17.3 Å². The topological polar surface area (TPSA) is 59.3 Å². The van der Waals surface area contributed by atoms with E-state index in [-0.39, 0.29) is 17.6 Å². The minimum Gasteiger partial charge on any atom is -0.618 e.